The largest absolute Gasteiger partial charge is 0.493 e. The molecule has 0 aliphatic heterocycles. The zero-order valence-electron chi connectivity index (χ0n) is 10.4. The molecule has 0 saturated carbocycles. The normalized spacial score (nSPS) is 10.5. The van der Waals surface area contributed by atoms with Crippen molar-refractivity contribution in [3.05, 3.63) is 31.9 Å². The summed E-state index contributed by atoms with van der Waals surface area (Å²) in [5, 5.41) is 0.803. The second-order valence-corrected chi connectivity index (χ2v) is 5.55. The minimum absolute atomic E-state index is 0.214. The number of hydrogen-bond donors (Lipinski definition) is 0. The van der Waals surface area contributed by atoms with Crippen LogP contribution in [0, 0.1) is 0 Å². The summed E-state index contributed by atoms with van der Waals surface area (Å²) in [5.74, 6) is 1.24. The fraction of sp³-hybridized carbons (Fsp3) is 0.167. The van der Waals surface area contributed by atoms with Crippen LogP contribution >= 0.6 is 50.7 Å². The van der Waals surface area contributed by atoms with Gasteiger partial charge in [-0.3, -0.25) is 0 Å². The molecule has 0 saturated heterocycles. The van der Waals surface area contributed by atoms with Gasteiger partial charge in [-0.1, -0.05) is 34.8 Å². The fourth-order valence-corrected chi connectivity index (χ4v) is 2.42. The smallest absolute Gasteiger partial charge is 0.179 e. The SMILES string of the molecule is COc1cc(-c2nc(Cl)c(Br)c(Cl)n2)cc(Cl)c1OC. The molecular formula is C12H8BrCl3N2O2. The number of hydrogen-bond acceptors (Lipinski definition) is 4. The Balaban J connectivity index is 2.62. The number of rotatable bonds is 3. The van der Waals surface area contributed by atoms with E-state index in [4.69, 9.17) is 44.3 Å². The van der Waals surface area contributed by atoms with Crippen LogP contribution in [0.3, 0.4) is 0 Å². The minimum atomic E-state index is 0.214. The lowest BCUT2D eigenvalue weighted by atomic mass is 10.2. The van der Waals surface area contributed by atoms with Gasteiger partial charge in [0.05, 0.1) is 23.7 Å². The van der Waals surface area contributed by atoms with Gasteiger partial charge in [0.1, 0.15) is 10.3 Å². The van der Waals surface area contributed by atoms with E-state index in [0.717, 1.165) is 0 Å². The van der Waals surface area contributed by atoms with Crippen molar-refractivity contribution in [2.45, 2.75) is 0 Å². The molecule has 0 radical (unpaired) electrons. The summed E-state index contributed by atoms with van der Waals surface area (Å²) < 4.78 is 10.8. The van der Waals surface area contributed by atoms with Crippen molar-refractivity contribution in [2.75, 3.05) is 14.2 Å². The number of aromatic nitrogens is 2. The molecule has 0 aliphatic carbocycles. The monoisotopic (exact) mass is 396 g/mol. The van der Waals surface area contributed by atoms with E-state index < -0.39 is 0 Å². The molecular weight excluding hydrogens is 390 g/mol. The first-order valence-electron chi connectivity index (χ1n) is 5.28. The van der Waals surface area contributed by atoms with Crippen LogP contribution < -0.4 is 9.47 Å². The van der Waals surface area contributed by atoms with Crippen molar-refractivity contribution in [3.8, 4) is 22.9 Å². The average molecular weight is 398 g/mol. The highest BCUT2D eigenvalue weighted by atomic mass is 79.9. The van der Waals surface area contributed by atoms with Crippen LogP contribution in [0.25, 0.3) is 11.4 Å². The maximum atomic E-state index is 6.14. The van der Waals surface area contributed by atoms with Crippen LogP contribution in [-0.4, -0.2) is 24.2 Å². The molecule has 2 rings (SSSR count). The van der Waals surface area contributed by atoms with Crippen molar-refractivity contribution >= 4 is 50.7 Å². The molecule has 4 nitrogen and oxygen atoms in total. The third-order valence-electron chi connectivity index (χ3n) is 2.46. The highest BCUT2D eigenvalue weighted by Crippen LogP contribution is 2.39. The minimum Gasteiger partial charge on any atom is -0.493 e. The Kier molecular flexibility index (Phi) is 4.96. The van der Waals surface area contributed by atoms with E-state index in [9.17, 15) is 0 Å². The molecule has 0 unspecified atom stereocenters. The summed E-state index contributed by atoms with van der Waals surface area (Å²) in [5.41, 5.74) is 0.615. The van der Waals surface area contributed by atoms with E-state index in [1.807, 2.05) is 0 Å². The molecule has 0 atom stereocenters. The summed E-state index contributed by atoms with van der Waals surface area (Å²) >= 11 is 21.3. The van der Waals surface area contributed by atoms with Crippen molar-refractivity contribution in [1.29, 1.82) is 0 Å². The standard InChI is InChI=1S/C12H8BrCl3N2O2/c1-19-7-4-5(3-6(14)9(7)20-2)12-17-10(15)8(13)11(16)18-12/h3-4H,1-2H3. The first-order valence-corrected chi connectivity index (χ1v) is 7.21. The Morgan fingerprint density at radius 1 is 1.00 bits per heavy atom. The predicted molar refractivity (Wildman–Crippen MR) is 83.3 cm³/mol. The van der Waals surface area contributed by atoms with Gasteiger partial charge in [0.15, 0.2) is 17.3 Å². The molecule has 0 N–H and O–H groups in total. The van der Waals surface area contributed by atoms with Crippen LogP contribution in [0.5, 0.6) is 11.5 Å². The van der Waals surface area contributed by atoms with Gasteiger partial charge in [0, 0.05) is 5.56 Å². The van der Waals surface area contributed by atoms with Gasteiger partial charge >= 0.3 is 0 Å². The Hall–Kier alpha value is -0.750. The summed E-state index contributed by atoms with van der Waals surface area (Å²) in [6.45, 7) is 0. The van der Waals surface area contributed by atoms with Crippen molar-refractivity contribution < 1.29 is 9.47 Å². The molecule has 0 aliphatic rings. The van der Waals surface area contributed by atoms with Crippen LogP contribution in [0.4, 0.5) is 0 Å². The number of ether oxygens (including phenoxy) is 2. The maximum Gasteiger partial charge on any atom is 0.179 e. The molecule has 0 amide bonds. The van der Waals surface area contributed by atoms with Crippen LogP contribution in [0.2, 0.25) is 15.3 Å². The van der Waals surface area contributed by atoms with Crippen LogP contribution in [-0.2, 0) is 0 Å². The van der Waals surface area contributed by atoms with Gasteiger partial charge in [0.25, 0.3) is 0 Å². The summed E-state index contributed by atoms with van der Waals surface area (Å²) in [6.07, 6.45) is 0. The quantitative estimate of drug-likeness (QED) is 0.691. The van der Waals surface area contributed by atoms with E-state index in [2.05, 4.69) is 25.9 Å². The van der Waals surface area contributed by atoms with Gasteiger partial charge in [-0.05, 0) is 28.1 Å². The summed E-state index contributed by atoms with van der Waals surface area (Å²) in [7, 11) is 3.02. The molecule has 20 heavy (non-hydrogen) atoms. The zero-order valence-corrected chi connectivity index (χ0v) is 14.2. The average Bonchev–Trinajstić information content (AvgIpc) is 2.43. The molecule has 0 fully saturated rings. The van der Waals surface area contributed by atoms with Gasteiger partial charge in [0.2, 0.25) is 0 Å². The predicted octanol–water partition coefficient (Wildman–Crippen LogP) is 4.88. The van der Waals surface area contributed by atoms with E-state index in [1.165, 1.54) is 14.2 Å². The van der Waals surface area contributed by atoms with Crippen molar-refractivity contribution in [2.24, 2.45) is 0 Å². The van der Waals surface area contributed by atoms with E-state index in [1.54, 1.807) is 12.1 Å². The lowest BCUT2D eigenvalue weighted by Crippen LogP contribution is -1.95. The second kappa shape index (κ2) is 6.35. The lowest BCUT2D eigenvalue weighted by Gasteiger charge is -2.11. The Bertz CT molecular complexity index is 644. The number of benzene rings is 1. The molecule has 0 spiro atoms. The van der Waals surface area contributed by atoms with E-state index >= 15 is 0 Å². The Morgan fingerprint density at radius 2 is 1.60 bits per heavy atom. The third-order valence-corrected chi connectivity index (χ3v) is 4.50. The number of halogens is 4. The second-order valence-electron chi connectivity index (χ2n) is 3.64. The van der Waals surface area contributed by atoms with Crippen molar-refractivity contribution in [3.63, 3.8) is 0 Å². The van der Waals surface area contributed by atoms with Gasteiger partial charge < -0.3 is 9.47 Å². The fourth-order valence-electron chi connectivity index (χ4n) is 1.57. The topological polar surface area (TPSA) is 44.2 Å². The molecule has 2 aromatic rings. The van der Waals surface area contributed by atoms with Gasteiger partial charge in [-0.2, -0.15) is 0 Å². The molecule has 1 heterocycles. The van der Waals surface area contributed by atoms with Gasteiger partial charge in [-0.15, -0.1) is 0 Å². The van der Waals surface area contributed by atoms with E-state index in [-0.39, 0.29) is 10.3 Å². The first-order chi connectivity index (χ1) is 9.47. The Labute approximate surface area is 139 Å². The molecule has 106 valence electrons. The molecule has 1 aromatic heterocycles. The zero-order chi connectivity index (χ0) is 14.9. The summed E-state index contributed by atoms with van der Waals surface area (Å²) in [6, 6.07) is 3.35. The molecule has 1 aromatic carbocycles. The van der Waals surface area contributed by atoms with Crippen LogP contribution in [0.15, 0.2) is 16.6 Å². The maximum absolute atomic E-state index is 6.14. The summed E-state index contributed by atoms with van der Waals surface area (Å²) in [4.78, 5) is 8.29. The van der Waals surface area contributed by atoms with Crippen LogP contribution in [0.1, 0.15) is 0 Å². The Morgan fingerprint density at radius 3 is 2.10 bits per heavy atom. The highest BCUT2D eigenvalue weighted by Gasteiger charge is 2.16. The number of methoxy groups -OCH3 is 2. The van der Waals surface area contributed by atoms with Gasteiger partial charge in [-0.25, -0.2) is 9.97 Å². The molecule has 0 bridgehead atoms. The van der Waals surface area contributed by atoms with E-state index in [0.29, 0.717) is 32.4 Å². The lowest BCUT2D eigenvalue weighted by molar-refractivity contribution is 0.355. The van der Waals surface area contributed by atoms with Crippen molar-refractivity contribution in [1.82, 2.24) is 9.97 Å². The number of nitrogens with zero attached hydrogens (tertiary/aromatic N) is 2. The highest BCUT2D eigenvalue weighted by molar-refractivity contribution is 9.10. The third kappa shape index (κ3) is 2.96. The molecule has 8 heteroatoms. The first kappa shape index (κ1) is 15.6.